The zero-order chi connectivity index (χ0) is 11.4. The van der Waals surface area contributed by atoms with Gasteiger partial charge in [-0.1, -0.05) is 12.5 Å². The molecule has 0 unspecified atom stereocenters. The lowest BCUT2D eigenvalue weighted by Crippen LogP contribution is -2.19. The number of rotatable bonds is 5. The van der Waals surface area contributed by atoms with E-state index in [0.717, 1.165) is 29.6 Å². The highest BCUT2D eigenvalue weighted by atomic mass is 16.5. The molecule has 0 heterocycles. The Bertz CT molecular complexity index is 348. The van der Waals surface area contributed by atoms with Gasteiger partial charge in [-0.15, -0.1) is 0 Å². The summed E-state index contributed by atoms with van der Waals surface area (Å²) in [6, 6.07) is 5.85. The number of nitrogens with two attached hydrogens (primary N) is 1. The van der Waals surface area contributed by atoms with Gasteiger partial charge in [-0.05, 0) is 36.5 Å². The monoisotopic (exact) mass is 221 g/mol. The number of hydrogen-bond acceptors (Lipinski definition) is 3. The van der Waals surface area contributed by atoms with Gasteiger partial charge >= 0.3 is 0 Å². The fourth-order valence-electron chi connectivity index (χ4n) is 1.83. The smallest absolute Gasteiger partial charge is 0.161 e. The summed E-state index contributed by atoms with van der Waals surface area (Å²) >= 11 is 0. The number of ether oxygens (including phenoxy) is 2. The van der Waals surface area contributed by atoms with Crippen molar-refractivity contribution in [3.63, 3.8) is 0 Å². The minimum atomic E-state index is 0.532. The molecule has 2 N–H and O–H groups in total. The molecule has 0 aromatic heterocycles. The van der Waals surface area contributed by atoms with Gasteiger partial charge in [0.1, 0.15) is 0 Å². The van der Waals surface area contributed by atoms with Gasteiger partial charge in [-0.3, -0.25) is 0 Å². The molecule has 0 aliphatic heterocycles. The highest BCUT2D eigenvalue weighted by Crippen LogP contribution is 2.31. The van der Waals surface area contributed by atoms with Gasteiger partial charge in [0.15, 0.2) is 11.5 Å². The maximum Gasteiger partial charge on any atom is 0.161 e. The Balaban J connectivity index is 2.03. The third-order valence-corrected chi connectivity index (χ3v) is 3.16. The first-order valence-electron chi connectivity index (χ1n) is 5.83. The van der Waals surface area contributed by atoms with Gasteiger partial charge < -0.3 is 15.2 Å². The summed E-state index contributed by atoms with van der Waals surface area (Å²) in [5, 5.41) is 0. The normalized spacial score (nSPS) is 15.6. The molecule has 1 aromatic rings. The minimum absolute atomic E-state index is 0.532. The van der Waals surface area contributed by atoms with Crippen LogP contribution < -0.4 is 15.2 Å². The van der Waals surface area contributed by atoms with Crippen LogP contribution in [0.3, 0.4) is 0 Å². The van der Waals surface area contributed by atoms with E-state index in [1.807, 2.05) is 18.2 Å². The Hall–Kier alpha value is -1.22. The fraction of sp³-hybridized carbons (Fsp3) is 0.538. The number of methoxy groups -OCH3 is 1. The van der Waals surface area contributed by atoms with Crippen LogP contribution in [-0.2, 0) is 6.54 Å². The Labute approximate surface area is 96.5 Å². The van der Waals surface area contributed by atoms with Crippen LogP contribution >= 0.6 is 0 Å². The van der Waals surface area contributed by atoms with E-state index >= 15 is 0 Å². The zero-order valence-corrected chi connectivity index (χ0v) is 9.74. The van der Waals surface area contributed by atoms with Gasteiger partial charge in [0.25, 0.3) is 0 Å². The molecule has 1 saturated carbocycles. The molecule has 3 nitrogen and oxygen atoms in total. The molecule has 1 aliphatic rings. The third-order valence-electron chi connectivity index (χ3n) is 3.16. The van der Waals surface area contributed by atoms with E-state index in [1.54, 1.807) is 7.11 Å². The molecular formula is C13H19NO2. The standard InChI is InChI=1S/C13H19NO2/c1-15-12-6-5-11(8-14)7-13(12)16-9-10-3-2-4-10/h5-7,10H,2-4,8-9,14H2,1H3. The van der Waals surface area contributed by atoms with Gasteiger partial charge in [0, 0.05) is 6.54 Å². The molecule has 0 atom stereocenters. The molecule has 3 heteroatoms. The predicted molar refractivity (Wildman–Crippen MR) is 63.7 cm³/mol. The van der Waals surface area contributed by atoms with Gasteiger partial charge in [-0.2, -0.15) is 0 Å². The van der Waals surface area contributed by atoms with Crippen molar-refractivity contribution >= 4 is 0 Å². The Morgan fingerprint density at radius 1 is 1.31 bits per heavy atom. The number of hydrogen-bond donors (Lipinski definition) is 1. The van der Waals surface area contributed by atoms with Crippen LogP contribution in [0.4, 0.5) is 0 Å². The van der Waals surface area contributed by atoms with Crippen molar-refractivity contribution in [1.29, 1.82) is 0 Å². The van der Waals surface area contributed by atoms with E-state index in [1.165, 1.54) is 19.3 Å². The highest BCUT2D eigenvalue weighted by molar-refractivity contribution is 5.42. The Kier molecular flexibility index (Phi) is 3.67. The predicted octanol–water partition coefficient (Wildman–Crippen LogP) is 2.33. The molecule has 1 fully saturated rings. The van der Waals surface area contributed by atoms with Crippen molar-refractivity contribution in [3.05, 3.63) is 23.8 Å². The van der Waals surface area contributed by atoms with Gasteiger partial charge in [0.05, 0.1) is 13.7 Å². The summed E-state index contributed by atoms with van der Waals surface area (Å²) in [6.45, 7) is 1.33. The van der Waals surface area contributed by atoms with E-state index in [0.29, 0.717) is 6.54 Å². The van der Waals surface area contributed by atoms with E-state index in [4.69, 9.17) is 15.2 Å². The summed E-state index contributed by atoms with van der Waals surface area (Å²) in [7, 11) is 1.66. The van der Waals surface area contributed by atoms with Crippen molar-refractivity contribution in [3.8, 4) is 11.5 Å². The van der Waals surface area contributed by atoms with E-state index in [2.05, 4.69) is 0 Å². The minimum Gasteiger partial charge on any atom is -0.493 e. The van der Waals surface area contributed by atoms with Crippen LogP contribution in [-0.4, -0.2) is 13.7 Å². The lowest BCUT2D eigenvalue weighted by molar-refractivity contribution is 0.176. The van der Waals surface area contributed by atoms with Crippen LogP contribution in [0.5, 0.6) is 11.5 Å². The summed E-state index contributed by atoms with van der Waals surface area (Å²) in [4.78, 5) is 0. The molecule has 16 heavy (non-hydrogen) atoms. The second-order valence-electron chi connectivity index (χ2n) is 4.30. The highest BCUT2D eigenvalue weighted by Gasteiger charge is 2.18. The third kappa shape index (κ3) is 2.47. The van der Waals surface area contributed by atoms with Gasteiger partial charge in [-0.25, -0.2) is 0 Å². The van der Waals surface area contributed by atoms with Crippen LogP contribution in [0.25, 0.3) is 0 Å². The molecule has 88 valence electrons. The summed E-state index contributed by atoms with van der Waals surface area (Å²) in [5.74, 6) is 2.33. The second-order valence-corrected chi connectivity index (χ2v) is 4.30. The molecule has 0 radical (unpaired) electrons. The first-order valence-corrected chi connectivity index (χ1v) is 5.83. The van der Waals surface area contributed by atoms with Crippen LogP contribution in [0.1, 0.15) is 24.8 Å². The SMILES string of the molecule is COc1ccc(CN)cc1OCC1CCC1. The van der Waals surface area contributed by atoms with E-state index in [-0.39, 0.29) is 0 Å². The molecule has 0 amide bonds. The van der Waals surface area contributed by atoms with Crippen molar-refractivity contribution in [2.75, 3.05) is 13.7 Å². The van der Waals surface area contributed by atoms with Crippen molar-refractivity contribution in [2.45, 2.75) is 25.8 Å². The van der Waals surface area contributed by atoms with Crippen molar-refractivity contribution in [1.82, 2.24) is 0 Å². The van der Waals surface area contributed by atoms with Crippen LogP contribution in [0.2, 0.25) is 0 Å². The molecular weight excluding hydrogens is 202 g/mol. The van der Waals surface area contributed by atoms with Crippen molar-refractivity contribution in [2.24, 2.45) is 11.7 Å². The van der Waals surface area contributed by atoms with E-state index < -0.39 is 0 Å². The van der Waals surface area contributed by atoms with E-state index in [9.17, 15) is 0 Å². The summed E-state index contributed by atoms with van der Waals surface area (Å²) in [6.07, 6.45) is 3.92. The molecule has 0 spiro atoms. The fourth-order valence-corrected chi connectivity index (χ4v) is 1.83. The summed E-state index contributed by atoms with van der Waals surface area (Å²) < 4.78 is 11.1. The second kappa shape index (κ2) is 5.21. The van der Waals surface area contributed by atoms with Crippen LogP contribution in [0.15, 0.2) is 18.2 Å². The molecule has 1 aromatic carbocycles. The molecule has 1 aliphatic carbocycles. The quantitative estimate of drug-likeness (QED) is 0.830. The molecule has 0 bridgehead atoms. The summed E-state index contributed by atoms with van der Waals surface area (Å²) in [5.41, 5.74) is 6.68. The first kappa shape index (κ1) is 11.3. The Morgan fingerprint density at radius 3 is 2.69 bits per heavy atom. The lowest BCUT2D eigenvalue weighted by Gasteiger charge is -2.25. The lowest BCUT2D eigenvalue weighted by atomic mass is 9.86. The topological polar surface area (TPSA) is 44.5 Å². The van der Waals surface area contributed by atoms with Crippen LogP contribution in [0, 0.1) is 5.92 Å². The Morgan fingerprint density at radius 2 is 2.12 bits per heavy atom. The van der Waals surface area contributed by atoms with Gasteiger partial charge in [0.2, 0.25) is 0 Å². The maximum absolute atomic E-state index is 5.79. The zero-order valence-electron chi connectivity index (χ0n) is 9.74. The average Bonchev–Trinajstić information content (AvgIpc) is 2.26. The average molecular weight is 221 g/mol. The molecule has 0 saturated heterocycles. The number of benzene rings is 1. The maximum atomic E-state index is 5.79. The first-order chi connectivity index (χ1) is 7.83. The van der Waals surface area contributed by atoms with Crippen molar-refractivity contribution < 1.29 is 9.47 Å². The largest absolute Gasteiger partial charge is 0.493 e. The molecule has 2 rings (SSSR count).